The fraction of sp³-hybridized carbons (Fsp3) is 0.462. The van der Waals surface area contributed by atoms with Gasteiger partial charge in [0.25, 0.3) is 0 Å². The van der Waals surface area contributed by atoms with Crippen molar-refractivity contribution in [2.45, 2.75) is 38.0 Å². The van der Waals surface area contributed by atoms with Crippen molar-refractivity contribution in [3.8, 4) is 11.5 Å². The molecule has 3 rings (SSSR count). The molecule has 1 saturated carbocycles. The molecule has 1 aliphatic carbocycles. The van der Waals surface area contributed by atoms with Crippen LogP contribution in [-0.4, -0.2) is 11.9 Å². The molecule has 1 heterocycles. The van der Waals surface area contributed by atoms with Gasteiger partial charge in [0.2, 0.25) is 11.9 Å². The van der Waals surface area contributed by atoms with E-state index in [1.54, 1.807) is 6.08 Å². The molecule has 4 nitrogen and oxygen atoms in total. The molecule has 0 amide bonds. The Balaban J connectivity index is 2.07. The van der Waals surface area contributed by atoms with Gasteiger partial charge in [-0.1, -0.05) is 15.9 Å². The van der Waals surface area contributed by atoms with Crippen molar-refractivity contribution in [1.29, 1.82) is 0 Å². The predicted molar refractivity (Wildman–Crippen MR) is 68.5 cm³/mol. The number of rotatable bonds is 2. The third-order valence-corrected chi connectivity index (χ3v) is 3.89. The molecule has 18 heavy (non-hydrogen) atoms. The van der Waals surface area contributed by atoms with Crippen molar-refractivity contribution in [3.63, 3.8) is 0 Å². The van der Waals surface area contributed by atoms with Crippen LogP contribution < -0.4 is 9.47 Å². The predicted octanol–water partition coefficient (Wildman–Crippen LogP) is 3.28. The Morgan fingerprint density at radius 1 is 1.28 bits per heavy atom. The van der Waals surface area contributed by atoms with E-state index in [0.29, 0.717) is 11.5 Å². The van der Waals surface area contributed by atoms with Gasteiger partial charge >= 0.3 is 0 Å². The monoisotopic (exact) mass is 309 g/mol. The Hall–Kier alpha value is -1.32. The fourth-order valence-electron chi connectivity index (χ4n) is 2.25. The van der Waals surface area contributed by atoms with Crippen LogP contribution in [0.15, 0.2) is 21.6 Å². The number of halogens is 1. The standard InChI is InChI=1S/C13H12BrNO3/c1-12(2)17-10-5-8(9(14)6-11(10)18-12)13(3-4-13)15-7-16/h5-6H,3-4H2,1-2H3. The average Bonchev–Trinajstić information content (AvgIpc) is 2.96. The summed E-state index contributed by atoms with van der Waals surface area (Å²) in [6.07, 6.45) is 3.39. The molecule has 0 aromatic heterocycles. The van der Waals surface area contributed by atoms with Crippen molar-refractivity contribution in [3.05, 3.63) is 22.2 Å². The van der Waals surface area contributed by atoms with E-state index >= 15 is 0 Å². The third kappa shape index (κ3) is 1.74. The SMILES string of the molecule is CC1(C)Oc2cc(Br)c(C3(N=C=O)CC3)cc2O1. The summed E-state index contributed by atoms with van der Waals surface area (Å²) in [7, 11) is 0. The number of isocyanates is 1. The van der Waals surface area contributed by atoms with Crippen molar-refractivity contribution < 1.29 is 14.3 Å². The maximum atomic E-state index is 10.5. The molecule has 0 saturated heterocycles. The Morgan fingerprint density at radius 3 is 2.44 bits per heavy atom. The van der Waals surface area contributed by atoms with Crippen molar-refractivity contribution >= 4 is 22.0 Å². The zero-order valence-corrected chi connectivity index (χ0v) is 11.7. The van der Waals surface area contributed by atoms with Crippen LogP contribution in [0.25, 0.3) is 0 Å². The summed E-state index contributed by atoms with van der Waals surface area (Å²) in [4.78, 5) is 14.4. The Kier molecular flexibility index (Phi) is 2.34. The lowest BCUT2D eigenvalue weighted by molar-refractivity contribution is -0.0431. The summed E-state index contributed by atoms with van der Waals surface area (Å²) < 4.78 is 12.3. The minimum Gasteiger partial charge on any atom is -0.449 e. The fourth-order valence-corrected chi connectivity index (χ4v) is 2.94. The minimum absolute atomic E-state index is 0.411. The lowest BCUT2D eigenvalue weighted by atomic mass is 10.1. The van der Waals surface area contributed by atoms with E-state index in [9.17, 15) is 4.79 Å². The molecule has 2 aliphatic rings. The molecule has 0 bridgehead atoms. The second-order valence-corrected chi connectivity index (χ2v) is 5.97. The van der Waals surface area contributed by atoms with Crippen LogP contribution in [-0.2, 0) is 10.3 Å². The highest BCUT2D eigenvalue weighted by atomic mass is 79.9. The van der Waals surface area contributed by atoms with E-state index in [-0.39, 0.29) is 0 Å². The number of fused-ring (bicyclic) bond motifs is 1. The van der Waals surface area contributed by atoms with E-state index in [0.717, 1.165) is 22.9 Å². The number of nitrogens with zero attached hydrogens (tertiary/aromatic N) is 1. The zero-order chi connectivity index (χ0) is 13.0. The maximum Gasteiger partial charge on any atom is 0.246 e. The normalized spacial score (nSPS) is 21.3. The molecule has 0 radical (unpaired) electrons. The number of benzene rings is 1. The molecule has 0 unspecified atom stereocenters. The number of hydrogen-bond donors (Lipinski definition) is 0. The second-order valence-electron chi connectivity index (χ2n) is 5.12. The molecule has 0 N–H and O–H groups in total. The second kappa shape index (κ2) is 3.59. The van der Waals surface area contributed by atoms with Crippen LogP contribution in [0.2, 0.25) is 0 Å². The zero-order valence-electron chi connectivity index (χ0n) is 10.1. The first-order chi connectivity index (χ1) is 8.46. The molecule has 94 valence electrons. The molecule has 1 aromatic rings. The van der Waals surface area contributed by atoms with Crippen LogP contribution in [0.5, 0.6) is 11.5 Å². The van der Waals surface area contributed by atoms with Crippen molar-refractivity contribution in [2.75, 3.05) is 0 Å². The average molecular weight is 310 g/mol. The molecule has 0 atom stereocenters. The van der Waals surface area contributed by atoms with Crippen LogP contribution in [0, 0.1) is 0 Å². The minimum atomic E-state index is -0.648. The molecule has 1 aliphatic heterocycles. The first kappa shape index (κ1) is 11.8. The first-order valence-corrected chi connectivity index (χ1v) is 6.56. The van der Waals surface area contributed by atoms with Gasteiger partial charge < -0.3 is 9.47 Å². The van der Waals surface area contributed by atoms with Crippen LogP contribution >= 0.6 is 15.9 Å². The van der Waals surface area contributed by atoms with Gasteiger partial charge in [-0.25, -0.2) is 4.79 Å². The smallest absolute Gasteiger partial charge is 0.246 e. The van der Waals surface area contributed by atoms with Crippen LogP contribution in [0.3, 0.4) is 0 Å². The highest BCUT2D eigenvalue weighted by molar-refractivity contribution is 9.10. The highest BCUT2D eigenvalue weighted by Gasteiger charge is 2.47. The van der Waals surface area contributed by atoms with Crippen LogP contribution in [0.1, 0.15) is 32.3 Å². The number of carbonyl (C=O) groups excluding carboxylic acids is 1. The van der Waals surface area contributed by atoms with Gasteiger partial charge in [-0.3, -0.25) is 0 Å². The number of ether oxygens (including phenoxy) is 2. The first-order valence-electron chi connectivity index (χ1n) is 5.77. The molecule has 0 spiro atoms. The molecule has 1 fully saturated rings. The topological polar surface area (TPSA) is 47.9 Å². The Labute approximate surface area is 113 Å². The third-order valence-electron chi connectivity index (χ3n) is 3.23. The quantitative estimate of drug-likeness (QED) is 0.622. The lowest BCUT2D eigenvalue weighted by Gasteiger charge is -2.16. The van der Waals surface area contributed by atoms with Gasteiger partial charge in [-0.15, -0.1) is 0 Å². The van der Waals surface area contributed by atoms with Gasteiger partial charge in [0.1, 0.15) is 0 Å². The number of hydrogen-bond acceptors (Lipinski definition) is 4. The maximum absolute atomic E-state index is 10.5. The molecule has 1 aromatic carbocycles. The van der Waals surface area contributed by atoms with Gasteiger partial charge in [0, 0.05) is 18.3 Å². The summed E-state index contributed by atoms with van der Waals surface area (Å²) in [5.74, 6) is 0.762. The summed E-state index contributed by atoms with van der Waals surface area (Å²) in [6, 6.07) is 3.78. The summed E-state index contributed by atoms with van der Waals surface area (Å²) in [5.41, 5.74) is 0.553. The largest absolute Gasteiger partial charge is 0.449 e. The lowest BCUT2D eigenvalue weighted by Crippen LogP contribution is -2.29. The van der Waals surface area contributed by atoms with E-state index in [1.165, 1.54) is 0 Å². The molecule has 5 heteroatoms. The van der Waals surface area contributed by atoms with E-state index < -0.39 is 11.3 Å². The van der Waals surface area contributed by atoms with Crippen LogP contribution in [0.4, 0.5) is 0 Å². The van der Waals surface area contributed by atoms with Crippen molar-refractivity contribution in [1.82, 2.24) is 0 Å². The molecular formula is C13H12BrNO3. The number of aliphatic imine (C=N–C) groups is 1. The summed E-state index contributed by atoms with van der Waals surface area (Å²) in [6.45, 7) is 3.72. The van der Waals surface area contributed by atoms with Gasteiger partial charge in [0.05, 0.1) is 5.54 Å². The highest BCUT2D eigenvalue weighted by Crippen LogP contribution is 2.54. The summed E-state index contributed by atoms with van der Waals surface area (Å²) in [5, 5.41) is 0. The van der Waals surface area contributed by atoms with E-state index in [1.807, 2.05) is 26.0 Å². The van der Waals surface area contributed by atoms with E-state index in [2.05, 4.69) is 20.9 Å². The van der Waals surface area contributed by atoms with E-state index in [4.69, 9.17) is 9.47 Å². The molecular weight excluding hydrogens is 298 g/mol. The Morgan fingerprint density at radius 2 is 1.89 bits per heavy atom. The summed E-state index contributed by atoms with van der Waals surface area (Å²) >= 11 is 3.51. The van der Waals surface area contributed by atoms with Crippen molar-refractivity contribution in [2.24, 2.45) is 4.99 Å². The van der Waals surface area contributed by atoms with Gasteiger partial charge in [0.15, 0.2) is 11.5 Å². The van der Waals surface area contributed by atoms with Gasteiger partial charge in [-0.05, 0) is 30.5 Å². The Bertz CT molecular complexity index is 572. The van der Waals surface area contributed by atoms with Gasteiger partial charge in [-0.2, -0.15) is 4.99 Å².